The normalized spacial score (nSPS) is 16.6. The summed E-state index contributed by atoms with van der Waals surface area (Å²) in [6.45, 7) is 0.276. The van der Waals surface area contributed by atoms with E-state index in [9.17, 15) is 21.6 Å². The van der Waals surface area contributed by atoms with Gasteiger partial charge in [0, 0.05) is 34.1 Å². The highest BCUT2D eigenvalue weighted by Gasteiger charge is 2.33. The first kappa shape index (κ1) is 21.0. The van der Waals surface area contributed by atoms with Gasteiger partial charge in [-0.2, -0.15) is 13.2 Å². The van der Waals surface area contributed by atoms with Gasteiger partial charge in [0.1, 0.15) is 5.75 Å². The molecule has 1 aliphatic heterocycles. The van der Waals surface area contributed by atoms with Crippen LogP contribution in [-0.2, 0) is 16.2 Å². The molecule has 0 unspecified atom stereocenters. The molecule has 0 spiro atoms. The van der Waals surface area contributed by atoms with Crippen molar-refractivity contribution in [2.75, 3.05) is 11.3 Å². The molecule has 30 heavy (non-hydrogen) atoms. The van der Waals surface area contributed by atoms with Crippen molar-refractivity contribution in [1.29, 1.82) is 0 Å². The van der Waals surface area contributed by atoms with E-state index < -0.39 is 21.8 Å². The summed E-state index contributed by atoms with van der Waals surface area (Å²) in [5.41, 5.74) is 0.375. The Hall–Kier alpha value is -2.30. The zero-order valence-electron chi connectivity index (χ0n) is 15.1. The first-order valence-electron chi connectivity index (χ1n) is 8.71. The lowest BCUT2D eigenvalue weighted by molar-refractivity contribution is -0.137. The molecule has 3 aromatic rings. The van der Waals surface area contributed by atoms with Gasteiger partial charge in [0.2, 0.25) is 0 Å². The number of thiazole rings is 1. The van der Waals surface area contributed by atoms with Gasteiger partial charge in [0.05, 0.1) is 17.1 Å². The van der Waals surface area contributed by atoms with Crippen molar-refractivity contribution in [3.05, 3.63) is 69.7 Å². The van der Waals surface area contributed by atoms with Gasteiger partial charge in [0.15, 0.2) is 5.13 Å². The maximum atomic E-state index is 12.9. The molecular formula is C19H14ClF3N2O3S2. The fourth-order valence-electron chi connectivity index (χ4n) is 3.29. The first-order valence-corrected chi connectivity index (χ1v) is 11.4. The van der Waals surface area contributed by atoms with E-state index in [4.69, 9.17) is 16.3 Å². The van der Waals surface area contributed by atoms with Crippen LogP contribution in [0, 0.1) is 0 Å². The molecule has 0 radical (unpaired) electrons. The molecule has 1 aliphatic rings. The summed E-state index contributed by atoms with van der Waals surface area (Å²) < 4.78 is 72.0. The number of benzene rings is 2. The Balaban J connectivity index is 1.67. The van der Waals surface area contributed by atoms with Crippen molar-refractivity contribution in [3.8, 4) is 5.75 Å². The molecule has 2 heterocycles. The number of ether oxygens (including phenoxy) is 1. The quantitative estimate of drug-likeness (QED) is 0.539. The smallest absolute Gasteiger partial charge is 0.416 e. The van der Waals surface area contributed by atoms with E-state index in [-0.39, 0.29) is 27.6 Å². The molecule has 0 saturated heterocycles. The minimum absolute atomic E-state index is 0.00406. The summed E-state index contributed by atoms with van der Waals surface area (Å²) in [7, 11) is -3.86. The maximum absolute atomic E-state index is 12.9. The highest BCUT2D eigenvalue weighted by molar-refractivity contribution is 7.93. The van der Waals surface area contributed by atoms with Gasteiger partial charge in [-0.25, -0.2) is 13.4 Å². The van der Waals surface area contributed by atoms with E-state index in [0.717, 1.165) is 23.5 Å². The van der Waals surface area contributed by atoms with Gasteiger partial charge in [0.25, 0.3) is 10.0 Å². The zero-order valence-corrected chi connectivity index (χ0v) is 17.5. The molecular weight excluding hydrogens is 461 g/mol. The van der Waals surface area contributed by atoms with Crippen LogP contribution in [0.15, 0.2) is 52.9 Å². The molecule has 0 saturated carbocycles. The van der Waals surface area contributed by atoms with Crippen molar-refractivity contribution in [1.82, 2.24) is 4.98 Å². The van der Waals surface area contributed by atoms with Gasteiger partial charge in [-0.05, 0) is 30.2 Å². The fraction of sp³-hybridized carbons (Fsp3) is 0.211. The Morgan fingerprint density at radius 1 is 1.17 bits per heavy atom. The molecule has 5 nitrogen and oxygen atoms in total. The molecule has 0 aliphatic carbocycles. The molecule has 1 aromatic heterocycles. The van der Waals surface area contributed by atoms with Crippen molar-refractivity contribution < 1.29 is 26.3 Å². The number of hydrogen-bond donors (Lipinski definition) is 1. The summed E-state index contributed by atoms with van der Waals surface area (Å²) in [6.07, 6.45) is -2.50. The van der Waals surface area contributed by atoms with Crippen LogP contribution in [0.25, 0.3) is 0 Å². The SMILES string of the molecule is O=S(=O)(Nc1nccs1)c1ccc2c(c1)OCC[C@H]2c1ccc(C(F)(F)F)cc1Cl. The lowest BCUT2D eigenvalue weighted by atomic mass is 9.86. The predicted molar refractivity (Wildman–Crippen MR) is 108 cm³/mol. The summed E-state index contributed by atoms with van der Waals surface area (Å²) in [4.78, 5) is 3.90. The lowest BCUT2D eigenvalue weighted by Gasteiger charge is -2.27. The van der Waals surface area contributed by atoms with E-state index in [2.05, 4.69) is 9.71 Å². The monoisotopic (exact) mass is 474 g/mol. The van der Waals surface area contributed by atoms with Crippen LogP contribution < -0.4 is 9.46 Å². The number of aromatic nitrogens is 1. The van der Waals surface area contributed by atoms with Gasteiger partial charge in [-0.1, -0.05) is 23.7 Å². The third-order valence-electron chi connectivity index (χ3n) is 4.69. The third-order valence-corrected chi connectivity index (χ3v) is 7.17. The third kappa shape index (κ3) is 4.12. The summed E-state index contributed by atoms with van der Waals surface area (Å²) in [6, 6.07) is 7.68. The molecule has 2 aromatic carbocycles. The number of nitrogens with zero attached hydrogens (tertiary/aromatic N) is 1. The number of hydrogen-bond acceptors (Lipinski definition) is 5. The van der Waals surface area contributed by atoms with Crippen LogP contribution >= 0.6 is 22.9 Å². The molecule has 1 atom stereocenters. The number of fused-ring (bicyclic) bond motifs is 1. The number of halogens is 4. The standard InChI is InChI=1S/C19H14ClF3N2O3S2/c20-16-9-11(19(21,22)23)1-3-14(16)13-5-7-28-17-10-12(2-4-15(13)17)30(26,27)25-18-24-6-8-29-18/h1-4,6,8-10,13H,5,7H2,(H,24,25)/t13-/m0/s1. The van der Waals surface area contributed by atoms with E-state index in [1.54, 1.807) is 11.4 Å². The van der Waals surface area contributed by atoms with Gasteiger partial charge in [-0.15, -0.1) is 11.3 Å². The Morgan fingerprint density at radius 2 is 1.93 bits per heavy atom. The maximum Gasteiger partial charge on any atom is 0.416 e. The number of alkyl halides is 3. The number of rotatable bonds is 4. The molecule has 11 heteroatoms. The van der Waals surface area contributed by atoms with E-state index in [1.165, 1.54) is 24.4 Å². The largest absolute Gasteiger partial charge is 0.493 e. The number of anilines is 1. The second kappa shape index (κ2) is 7.75. The van der Waals surface area contributed by atoms with Gasteiger partial charge < -0.3 is 4.74 Å². The molecule has 158 valence electrons. The Kier molecular flexibility index (Phi) is 5.41. The van der Waals surface area contributed by atoms with Crippen LogP contribution in [0.5, 0.6) is 5.75 Å². The van der Waals surface area contributed by atoms with Crippen LogP contribution in [0.2, 0.25) is 5.02 Å². The summed E-state index contributed by atoms with van der Waals surface area (Å²) in [5, 5.41) is 1.89. The summed E-state index contributed by atoms with van der Waals surface area (Å²) >= 11 is 7.31. The molecule has 0 amide bonds. The lowest BCUT2D eigenvalue weighted by Crippen LogP contribution is -2.18. The number of sulfonamides is 1. The Morgan fingerprint density at radius 3 is 2.60 bits per heavy atom. The van der Waals surface area contributed by atoms with Crippen LogP contribution in [0.4, 0.5) is 18.3 Å². The number of nitrogens with one attached hydrogen (secondary N) is 1. The van der Waals surface area contributed by atoms with Crippen molar-refractivity contribution >= 4 is 38.1 Å². The van der Waals surface area contributed by atoms with Crippen LogP contribution in [-0.4, -0.2) is 20.0 Å². The zero-order chi connectivity index (χ0) is 21.5. The topological polar surface area (TPSA) is 68.3 Å². The fourth-order valence-corrected chi connectivity index (χ4v) is 5.41. The van der Waals surface area contributed by atoms with Crippen LogP contribution in [0.1, 0.15) is 29.0 Å². The Bertz CT molecular complexity index is 1180. The molecule has 4 rings (SSSR count). The molecule has 0 fully saturated rings. The van der Waals surface area contributed by atoms with Crippen molar-refractivity contribution in [3.63, 3.8) is 0 Å². The van der Waals surface area contributed by atoms with Crippen molar-refractivity contribution in [2.24, 2.45) is 0 Å². The summed E-state index contributed by atoms with van der Waals surface area (Å²) in [5.74, 6) is 0.0384. The predicted octanol–water partition coefficient (Wildman–Crippen LogP) is 5.53. The van der Waals surface area contributed by atoms with Crippen molar-refractivity contribution in [2.45, 2.75) is 23.4 Å². The highest BCUT2D eigenvalue weighted by atomic mass is 35.5. The van der Waals surface area contributed by atoms with E-state index in [1.807, 2.05) is 0 Å². The van der Waals surface area contributed by atoms with E-state index in [0.29, 0.717) is 23.3 Å². The average Bonchev–Trinajstić information content (AvgIpc) is 3.18. The van der Waals surface area contributed by atoms with Crippen LogP contribution in [0.3, 0.4) is 0 Å². The second-order valence-corrected chi connectivity index (χ2v) is 9.55. The average molecular weight is 475 g/mol. The van der Waals surface area contributed by atoms with E-state index >= 15 is 0 Å². The molecule has 1 N–H and O–H groups in total. The minimum atomic E-state index is -4.48. The van der Waals surface area contributed by atoms with Gasteiger partial charge >= 0.3 is 6.18 Å². The van der Waals surface area contributed by atoms with Gasteiger partial charge in [-0.3, -0.25) is 4.72 Å². The highest BCUT2D eigenvalue weighted by Crippen LogP contribution is 2.43. The first-order chi connectivity index (χ1) is 14.1. The minimum Gasteiger partial charge on any atom is -0.493 e. The second-order valence-electron chi connectivity index (χ2n) is 6.57. The molecule has 0 bridgehead atoms. The Labute approximate surface area is 179 Å².